The molecule has 0 unspecified atom stereocenters. The maximum absolute atomic E-state index is 4.00. The first-order chi connectivity index (χ1) is 3.83. The molecule has 3 heteroatoms. The van der Waals surface area contributed by atoms with Crippen molar-refractivity contribution in [1.29, 1.82) is 0 Å². The Bertz CT molecular complexity index is 169. The molecule has 3 nitrogen and oxygen atoms in total. The minimum absolute atomic E-state index is 0. The average Bonchev–Trinajstić information content (AvgIpc) is 2.14. The molecule has 3 N–H and O–H groups in total. The minimum atomic E-state index is 0. The molecular weight excluding hydrogens is 114 g/mol. The molecule has 0 saturated heterocycles. The van der Waals surface area contributed by atoms with E-state index in [2.05, 4.69) is 12.0 Å². The first kappa shape index (κ1) is 8.17. The van der Waals surface area contributed by atoms with Crippen LogP contribution >= 0.6 is 0 Å². The Morgan fingerprint density at radius 3 is 2.56 bits per heavy atom. The molecule has 0 radical (unpaired) electrons. The van der Waals surface area contributed by atoms with Gasteiger partial charge in [0.25, 0.3) is 0 Å². The second-order valence-corrected chi connectivity index (χ2v) is 1.88. The zero-order chi connectivity index (χ0) is 5.98. The third-order valence-corrected chi connectivity index (χ3v) is 1.17. The van der Waals surface area contributed by atoms with Crippen LogP contribution in [0.2, 0.25) is 0 Å². The minimum Gasteiger partial charge on any atom is -0.344 e. The van der Waals surface area contributed by atoms with Gasteiger partial charge in [0, 0.05) is 13.2 Å². The third kappa shape index (κ3) is 1.85. The highest BCUT2D eigenvalue weighted by Crippen LogP contribution is 1.94. The molecule has 1 aromatic heterocycles. The van der Waals surface area contributed by atoms with Crippen molar-refractivity contribution in [2.24, 2.45) is 7.05 Å². The first-order valence-electron chi connectivity index (χ1n) is 2.80. The van der Waals surface area contributed by atoms with E-state index in [-0.39, 0.29) is 6.15 Å². The van der Waals surface area contributed by atoms with Crippen molar-refractivity contribution in [2.75, 3.05) is 0 Å². The number of nitrogens with zero attached hydrogens (tertiary/aromatic N) is 2. The molecule has 0 bridgehead atoms. The van der Waals surface area contributed by atoms with E-state index in [1.54, 1.807) is 0 Å². The molecule has 9 heavy (non-hydrogen) atoms. The van der Waals surface area contributed by atoms with Gasteiger partial charge in [0.15, 0.2) is 0 Å². The van der Waals surface area contributed by atoms with E-state index in [4.69, 9.17) is 0 Å². The van der Waals surface area contributed by atoms with Crippen LogP contribution in [0.1, 0.15) is 12.5 Å². The summed E-state index contributed by atoms with van der Waals surface area (Å²) in [6.45, 7) is 2.12. The van der Waals surface area contributed by atoms with Crippen molar-refractivity contribution >= 4 is 0 Å². The SMILES string of the molecule is CCc1cnn(C)c1.N. The molecule has 0 fully saturated rings. The normalized spacial score (nSPS) is 8.67. The third-order valence-electron chi connectivity index (χ3n) is 1.17. The van der Waals surface area contributed by atoms with Crippen LogP contribution < -0.4 is 6.15 Å². The summed E-state index contributed by atoms with van der Waals surface area (Å²) in [7, 11) is 1.93. The van der Waals surface area contributed by atoms with Crippen molar-refractivity contribution in [3.8, 4) is 0 Å². The largest absolute Gasteiger partial charge is 0.344 e. The van der Waals surface area contributed by atoms with Crippen LogP contribution in [0.3, 0.4) is 0 Å². The second kappa shape index (κ2) is 3.25. The summed E-state index contributed by atoms with van der Waals surface area (Å²) >= 11 is 0. The molecule has 1 heterocycles. The Kier molecular flexibility index (Phi) is 2.95. The number of aromatic nitrogens is 2. The monoisotopic (exact) mass is 127 g/mol. The quantitative estimate of drug-likeness (QED) is 0.615. The van der Waals surface area contributed by atoms with Crippen LogP contribution in [0.25, 0.3) is 0 Å². The van der Waals surface area contributed by atoms with Gasteiger partial charge >= 0.3 is 0 Å². The Labute approximate surface area is 55.3 Å². The molecule has 0 aliphatic rings. The van der Waals surface area contributed by atoms with Gasteiger partial charge in [0.2, 0.25) is 0 Å². The second-order valence-electron chi connectivity index (χ2n) is 1.88. The summed E-state index contributed by atoms with van der Waals surface area (Å²) in [5.74, 6) is 0. The van der Waals surface area contributed by atoms with Gasteiger partial charge in [-0.2, -0.15) is 5.10 Å². The van der Waals surface area contributed by atoms with Crippen molar-refractivity contribution in [3.63, 3.8) is 0 Å². The van der Waals surface area contributed by atoms with Gasteiger partial charge in [-0.3, -0.25) is 4.68 Å². The summed E-state index contributed by atoms with van der Waals surface area (Å²) in [6, 6.07) is 0. The maximum atomic E-state index is 4.00. The lowest BCUT2D eigenvalue weighted by Crippen LogP contribution is -1.84. The lowest BCUT2D eigenvalue weighted by atomic mass is 10.3. The fourth-order valence-corrected chi connectivity index (χ4v) is 0.654. The van der Waals surface area contributed by atoms with Crippen LogP contribution in [-0.4, -0.2) is 9.78 Å². The van der Waals surface area contributed by atoms with Crippen molar-refractivity contribution in [2.45, 2.75) is 13.3 Å². The number of hydrogen-bond acceptors (Lipinski definition) is 2. The van der Waals surface area contributed by atoms with Crippen LogP contribution in [0.5, 0.6) is 0 Å². The predicted molar refractivity (Wildman–Crippen MR) is 37.6 cm³/mol. The zero-order valence-corrected chi connectivity index (χ0v) is 5.96. The lowest BCUT2D eigenvalue weighted by molar-refractivity contribution is 0.767. The average molecular weight is 127 g/mol. The van der Waals surface area contributed by atoms with Crippen LogP contribution in [-0.2, 0) is 13.5 Å². The van der Waals surface area contributed by atoms with Crippen molar-refractivity contribution in [1.82, 2.24) is 15.9 Å². The van der Waals surface area contributed by atoms with E-state index < -0.39 is 0 Å². The van der Waals surface area contributed by atoms with Crippen LogP contribution in [0, 0.1) is 0 Å². The van der Waals surface area contributed by atoms with Gasteiger partial charge < -0.3 is 6.15 Å². The maximum Gasteiger partial charge on any atom is 0.0521 e. The summed E-state index contributed by atoms with van der Waals surface area (Å²) in [4.78, 5) is 0. The standard InChI is InChI=1S/C6H10N2.H3N/c1-3-6-4-7-8(2)5-6;/h4-5H,3H2,1-2H3;1H3. The summed E-state index contributed by atoms with van der Waals surface area (Å²) in [5, 5.41) is 4.00. The fraction of sp³-hybridized carbons (Fsp3) is 0.500. The highest BCUT2D eigenvalue weighted by atomic mass is 15.2. The van der Waals surface area contributed by atoms with E-state index in [0.717, 1.165) is 6.42 Å². The molecule has 0 aliphatic carbocycles. The van der Waals surface area contributed by atoms with Gasteiger partial charge in [-0.05, 0) is 12.0 Å². The molecular formula is C6H13N3. The van der Waals surface area contributed by atoms with E-state index in [0.29, 0.717) is 0 Å². The Hall–Kier alpha value is -0.830. The van der Waals surface area contributed by atoms with Gasteiger partial charge in [-0.15, -0.1) is 0 Å². The number of aryl methyl sites for hydroxylation is 2. The first-order valence-corrected chi connectivity index (χ1v) is 2.80. The molecule has 0 spiro atoms. The molecule has 1 aromatic rings. The molecule has 0 aliphatic heterocycles. The molecule has 0 amide bonds. The predicted octanol–water partition coefficient (Wildman–Crippen LogP) is 1.14. The lowest BCUT2D eigenvalue weighted by Gasteiger charge is -1.81. The van der Waals surface area contributed by atoms with E-state index in [1.165, 1.54) is 5.56 Å². The van der Waals surface area contributed by atoms with Crippen molar-refractivity contribution < 1.29 is 0 Å². The van der Waals surface area contributed by atoms with Gasteiger partial charge in [-0.25, -0.2) is 0 Å². The topological polar surface area (TPSA) is 52.8 Å². The van der Waals surface area contributed by atoms with E-state index in [9.17, 15) is 0 Å². The fourth-order valence-electron chi connectivity index (χ4n) is 0.654. The number of hydrogen-bond donors (Lipinski definition) is 1. The Balaban J connectivity index is 0.000000640. The molecule has 0 saturated carbocycles. The van der Waals surface area contributed by atoms with E-state index >= 15 is 0 Å². The molecule has 52 valence electrons. The van der Waals surface area contributed by atoms with Gasteiger partial charge in [-0.1, -0.05) is 6.92 Å². The zero-order valence-electron chi connectivity index (χ0n) is 5.96. The highest BCUT2D eigenvalue weighted by molar-refractivity contribution is 5.02. The van der Waals surface area contributed by atoms with Gasteiger partial charge in [0.05, 0.1) is 6.20 Å². The number of rotatable bonds is 1. The van der Waals surface area contributed by atoms with E-state index in [1.807, 2.05) is 24.1 Å². The molecule has 1 rings (SSSR count). The summed E-state index contributed by atoms with van der Waals surface area (Å²) in [6.07, 6.45) is 4.99. The van der Waals surface area contributed by atoms with Gasteiger partial charge in [0.1, 0.15) is 0 Å². The Morgan fingerprint density at radius 2 is 2.33 bits per heavy atom. The van der Waals surface area contributed by atoms with Crippen LogP contribution in [0.15, 0.2) is 12.4 Å². The van der Waals surface area contributed by atoms with Crippen molar-refractivity contribution in [3.05, 3.63) is 18.0 Å². The smallest absolute Gasteiger partial charge is 0.0521 e. The van der Waals surface area contributed by atoms with Crippen LogP contribution in [0.4, 0.5) is 0 Å². The molecule has 0 atom stereocenters. The summed E-state index contributed by atoms with van der Waals surface area (Å²) in [5.41, 5.74) is 1.30. The Morgan fingerprint density at radius 1 is 1.67 bits per heavy atom. The molecule has 0 aromatic carbocycles. The highest BCUT2D eigenvalue weighted by Gasteiger charge is 1.87. The summed E-state index contributed by atoms with van der Waals surface area (Å²) < 4.78 is 1.82.